The number of fused-ring (bicyclic) bond motifs is 1. The zero-order valence-electron chi connectivity index (χ0n) is 21.7. The number of nitrogens with one attached hydrogen (secondary N) is 1. The molecule has 2 aromatic rings. The van der Waals surface area contributed by atoms with E-state index in [0.717, 1.165) is 0 Å². The molecule has 2 aliphatic rings. The van der Waals surface area contributed by atoms with Crippen LogP contribution in [0.15, 0.2) is 60.7 Å². The van der Waals surface area contributed by atoms with Gasteiger partial charge in [0.1, 0.15) is 5.60 Å². The lowest BCUT2D eigenvalue weighted by atomic mass is 9.94. The van der Waals surface area contributed by atoms with Crippen molar-refractivity contribution in [2.45, 2.75) is 58.2 Å². The molecule has 2 unspecified atom stereocenters. The number of nitrogens with zero attached hydrogens (tertiary/aromatic N) is 1. The molecule has 2 saturated heterocycles. The Labute approximate surface area is 210 Å². The molecule has 0 aliphatic carbocycles. The van der Waals surface area contributed by atoms with Crippen LogP contribution in [0.2, 0.25) is 5.04 Å². The quantitative estimate of drug-likeness (QED) is 0.644. The first-order valence-corrected chi connectivity index (χ1v) is 14.4. The Kier molecular flexibility index (Phi) is 6.97. The first-order valence-electron chi connectivity index (χ1n) is 12.5. The lowest BCUT2D eigenvalue weighted by molar-refractivity contribution is -0.131. The number of likely N-dealkylation sites (tertiary alicyclic amines) is 1. The van der Waals surface area contributed by atoms with Gasteiger partial charge in [0.15, 0.2) is 0 Å². The van der Waals surface area contributed by atoms with Crippen molar-refractivity contribution in [1.82, 2.24) is 10.2 Å². The van der Waals surface area contributed by atoms with E-state index in [1.54, 1.807) is 0 Å². The second kappa shape index (κ2) is 9.52. The van der Waals surface area contributed by atoms with E-state index in [2.05, 4.69) is 74.6 Å². The fourth-order valence-electron chi connectivity index (χ4n) is 5.61. The van der Waals surface area contributed by atoms with E-state index in [1.807, 2.05) is 32.9 Å². The van der Waals surface area contributed by atoms with Crippen molar-refractivity contribution < 1.29 is 18.8 Å². The Morgan fingerprint density at radius 2 is 1.49 bits per heavy atom. The van der Waals surface area contributed by atoms with E-state index in [1.165, 1.54) is 15.3 Å². The predicted octanol–water partition coefficient (Wildman–Crippen LogP) is 3.54. The number of carbonyl (C=O) groups excluding carboxylic acids is 2. The summed E-state index contributed by atoms with van der Waals surface area (Å²) in [5.74, 6) is -0.381. The molecule has 6 nitrogen and oxygen atoms in total. The number of hydrogen-bond donors (Lipinski definition) is 1. The summed E-state index contributed by atoms with van der Waals surface area (Å²) in [6.07, 6.45) is -0.576. The second-order valence-electron chi connectivity index (χ2n) is 11.7. The van der Waals surface area contributed by atoms with Crippen LogP contribution < -0.4 is 15.7 Å². The third kappa shape index (κ3) is 4.81. The Balaban J connectivity index is 1.74. The average molecular weight is 495 g/mol. The van der Waals surface area contributed by atoms with Crippen molar-refractivity contribution in [1.29, 1.82) is 0 Å². The minimum Gasteiger partial charge on any atom is -0.443 e. The van der Waals surface area contributed by atoms with Gasteiger partial charge in [-0.15, -0.1) is 0 Å². The van der Waals surface area contributed by atoms with E-state index >= 15 is 0 Å². The molecule has 2 aromatic carbocycles. The van der Waals surface area contributed by atoms with Crippen LogP contribution in [0.25, 0.3) is 0 Å². The summed E-state index contributed by atoms with van der Waals surface area (Å²) >= 11 is 0. The number of ether oxygens (including phenoxy) is 1. The molecule has 4 rings (SSSR count). The maximum absolute atomic E-state index is 13.3. The van der Waals surface area contributed by atoms with Gasteiger partial charge in [-0.05, 0) is 36.2 Å². The van der Waals surface area contributed by atoms with Crippen molar-refractivity contribution in [3.05, 3.63) is 60.7 Å². The Morgan fingerprint density at radius 1 is 0.943 bits per heavy atom. The summed E-state index contributed by atoms with van der Waals surface area (Å²) in [5, 5.41) is 5.50. The van der Waals surface area contributed by atoms with Gasteiger partial charge < -0.3 is 14.5 Å². The van der Waals surface area contributed by atoms with Crippen LogP contribution in [-0.2, 0) is 14.0 Å². The van der Waals surface area contributed by atoms with Gasteiger partial charge in [-0.2, -0.15) is 0 Å². The molecule has 0 aromatic heterocycles. The first-order chi connectivity index (χ1) is 16.5. The minimum absolute atomic E-state index is 0.00762. The zero-order chi connectivity index (χ0) is 25.4. The highest BCUT2D eigenvalue weighted by atomic mass is 28.4. The highest BCUT2D eigenvalue weighted by molar-refractivity contribution is 6.99. The maximum atomic E-state index is 13.3. The summed E-state index contributed by atoms with van der Waals surface area (Å²) in [6.45, 7) is 13.7. The second-order valence-corrected chi connectivity index (χ2v) is 16.0. The van der Waals surface area contributed by atoms with Gasteiger partial charge >= 0.3 is 6.09 Å². The Hall–Kier alpha value is -2.48. The molecule has 0 spiro atoms. The molecule has 2 fully saturated rings. The van der Waals surface area contributed by atoms with Crippen LogP contribution in [0.5, 0.6) is 0 Å². The van der Waals surface area contributed by atoms with E-state index in [4.69, 9.17) is 9.16 Å². The van der Waals surface area contributed by atoms with E-state index in [9.17, 15) is 9.59 Å². The summed E-state index contributed by atoms with van der Waals surface area (Å²) in [5.41, 5.74) is -0.684. The summed E-state index contributed by atoms with van der Waals surface area (Å²) in [6, 6.07) is 20.5. The highest BCUT2D eigenvalue weighted by Crippen LogP contribution is 2.40. The molecular weight excluding hydrogens is 456 g/mol. The van der Waals surface area contributed by atoms with Crippen LogP contribution >= 0.6 is 0 Å². The molecule has 2 aliphatic heterocycles. The van der Waals surface area contributed by atoms with Crippen LogP contribution in [0.1, 0.15) is 41.5 Å². The van der Waals surface area contributed by atoms with Gasteiger partial charge in [-0.25, -0.2) is 9.69 Å². The number of carbonyl (C=O) groups is 2. The molecule has 7 heteroatoms. The molecule has 2 heterocycles. The third-order valence-corrected chi connectivity index (χ3v) is 12.1. The fraction of sp³-hybridized carbons (Fsp3) is 0.500. The Morgan fingerprint density at radius 3 is 1.97 bits per heavy atom. The Bertz CT molecular complexity index is 1010. The molecule has 0 saturated carbocycles. The van der Waals surface area contributed by atoms with Crippen LogP contribution in [0.3, 0.4) is 0 Å². The molecule has 188 valence electrons. The van der Waals surface area contributed by atoms with Crippen LogP contribution in [0, 0.1) is 11.8 Å². The SMILES string of the molecule is CC(C)(C)OC(=O)N1C(=O)C2CNCC2[C@H]1CO[Si](c1ccccc1)(c1ccccc1)C(C)(C)C. The lowest BCUT2D eigenvalue weighted by Gasteiger charge is -2.44. The largest absolute Gasteiger partial charge is 0.443 e. The van der Waals surface area contributed by atoms with Crippen molar-refractivity contribution in [2.24, 2.45) is 11.8 Å². The molecular formula is C28H38N2O4Si. The molecule has 0 radical (unpaired) electrons. The first kappa shape index (κ1) is 25.6. The zero-order valence-corrected chi connectivity index (χ0v) is 22.7. The average Bonchev–Trinajstić information content (AvgIpc) is 3.36. The van der Waals surface area contributed by atoms with Gasteiger partial charge in [-0.3, -0.25) is 4.79 Å². The maximum Gasteiger partial charge on any atom is 0.417 e. The number of imide groups is 1. The van der Waals surface area contributed by atoms with Crippen molar-refractivity contribution in [2.75, 3.05) is 19.7 Å². The van der Waals surface area contributed by atoms with Crippen LogP contribution in [-0.4, -0.2) is 56.6 Å². The van der Waals surface area contributed by atoms with E-state index < -0.39 is 20.0 Å². The molecule has 2 amide bonds. The molecule has 3 atom stereocenters. The van der Waals surface area contributed by atoms with Gasteiger partial charge in [0, 0.05) is 19.0 Å². The summed E-state index contributed by atoms with van der Waals surface area (Å²) < 4.78 is 12.8. The highest BCUT2D eigenvalue weighted by Gasteiger charge is 2.56. The molecule has 0 bridgehead atoms. The van der Waals surface area contributed by atoms with Crippen LogP contribution in [0.4, 0.5) is 4.79 Å². The predicted molar refractivity (Wildman–Crippen MR) is 140 cm³/mol. The van der Waals surface area contributed by atoms with Gasteiger partial charge in [-0.1, -0.05) is 81.4 Å². The summed E-state index contributed by atoms with van der Waals surface area (Å²) in [4.78, 5) is 27.9. The monoisotopic (exact) mass is 494 g/mol. The fourth-order valence-corrected chi connectivity index (χ4v) is 10.2. The van der Waals surface area contributed by atoms with Crippen molar-refractivity contribution in [3.63, 3.8) is 0 Å². The topological polar surface area (TPSA) is 67.9 Å². The summed E-state index contributed by atoms with van der Waals surface area (Å²) in [7, 11) is -2.80. The normalized spacial score (nSPS) is 22.9. The number of benzene rings is 2. The molecule has 1 N–H and O–H groups in total. The van der Waals surface area contributed by atoms with Gasteiger partial charge in [0.05, 0.1) is 18.6 Å². The molecule has 35 heavy (non-hydrogen) atoms. The van der Waals surface area contributed by atoms with Gasteiger partial charge in [0.25, 0.3) is 8.32 Å². The standard InChI is InChI=1S/C28H38N2O4Si/c1-27(2,3)34-26(32)30-24(22-17-29-18-23(22)25(30)31)19-33-35(28(4,5)6,20-13-9-7-10-14-20)21-15-11-8-12-16-21/h7-16,22-24,29H,17-19H2,1-6H3/t22?,23?,24-/m1/s1. The minimum atomic E-state index is -2.80. The number of amides is 2. The third-order valence-electron chi connectivity index (χ3n) is 7.12. The lowest BCUT2D eigenvalue weighted by Crippen LogP contribution is -2.67. The van der Waals surface area contributed by atoms with Gasteiger partial charge in [0.2, 0.25) is 5.91 Å². The van der Waals surface area contributed by atoms with Crippen molar-refractivity contribution in [3.8, 4) is 0 Å². The van der Waals surface area contributed by atoms with E-state index in [0.29, 0.717) is 13.1 Å². The smallest absolute Gasteiger partial charge is 0.417 e. The van der Waals surface area contributed by atoms with Crippen molar-refractivity contribution >= 4 is 30.7 Å². The number of hydrogen-bond acceptors (Lipinski definition) is 5. The van der Waals surface area contributed by atoms with E-state index in [-0.39, 0.29) is 35.4 Å². The number of rotatable bonds is 5.